The van der Waals surface area contributed by atoms with Crippen molar-refractivity contribution >= 4 is 22.5 Å². The molecule has 1 aromatic carbocycles. The van der Waals surface area contributed by atoms with Crippen molar-refractivity contribution in [3.8, 4) is 0 Å². The van der Waals surface area contributed by atoms with Crippen LogP contribution in [0, 0.1) is 0 Å². The van der Waals surface area contributed by atoms with E-state index in [9.17, 15) is 4.79 Å². The Bertz CT molecular complexity index is 548. The van der Waals surface area contributed by atoms with Gasteiger partial charge in [-0.25, -0.2) is 0 Å². The number of anilines is 1. The van der Waals surface area contributed by atoms with E-state index in [2.05, 4.69) is 10.3 Å². The Labute approximate surface area is 106 Å². The highest BCUT2D eigenvalue weighted by molar-refractivity contribution is 6.02. The van der Waals surface area contributed by atoms with Crippen LogP contribution in [-0.4, -0.2) is 16.9 Å². The summed E-state index contributed by atoms with van der Waals surface area (Å²) in [6, 6.07) is 8.98. The molecule has 0 saturated carbocycles. The first-order chi connectivity index (χ1) is 8.72. The summed E-state index contributed by atoms with van der Waals surface area (Å²) in [7, 11) is 0. The highest BCUT2D eigenvalue weighted by Gasteiger charge is 2.13. The van der Waals surface area contributed by atoms with Gasteiger partial charge in [0.1, 0.15) is 0 Å². The minimum Gasteiger partial charge on any atom is -0.324 e. The van der Waals surface area contributed by atoms with E-state index in [1.165, 1.54) is 0 Å². The fourth-order valence-electron chi connectivity index (χ4n) is 1.88. The second-order valence-corrected chi connectivity index (χ2v) is 4.26. The fraction of sp³-hybridized carbons (Fsp3) is 0.286. The maximum Gasteiger partial charge on any atom is 0.241 e. The van der Waals surface area contributed by atoms with Crippen LogP contribution in [0.25, 0.3) is 10.9 Å². The number of amides is 1. The molecule has 2 aromatic rings. The molecule has 0 bridgehead atoms. The topological polar surface area (TPSA) is 68.0 Å². The van der Waals surface area contributed by atoms with E-state index in [1.54, 1.807) is 6.20 Å². The number of carbonyl (C=O) groups is 1. The lowest BCUT2D eigenvalue weighted by Gasteiger charge is -2.12. The third kappa shape index (κ3) is 2.65. The molecule has 1 atom stereocenters. The predicted molar refractivity (Wildman–Crippen MR) is 73.3 cm³/mol. The number of pyridine rings is 1. The van der Waals surface area contributed by atoms with Crippen LogP contribution >= 0.6 is 0 Å². The Balaban J connectivity index is 2.24. The van der Waals surface area contributed by atoms with E-state index in [1.807, 2.05) is 37.3 Å². The van der Waals surface area contributed by atoms with Crippen molar-refractivity contribution in [1.82, 2.24) is 4.98 Å². The molecular formula is C14H17N3O. The molecule has 2 rings (SSSR count). The lowest BCUT2D eigenvalue weighted by Crippen LogP contribution is -2.35. The zero-order chi connectivity index (χ0) is 13.0. The highest BCUT2D eigenvalue weighted by atomic mass is 16.2. The largest absolute Gasteiger partial charge is 0.324 e. The summed E-state index contributed by atoms with van der Waals surface area (Å²) >= 11 is 0. The van der Waals surface area contributed by atoms with Crippen LogP contribution in [0.4, 0.5) is 5.69 Å². The number of hydrogen-bond acceptors (Lipinski definition) is 3. The molecule has 4 nitrogen and oxygen atoms in total. The first-order valence-corrected chi connectivity index (χ1v) is 6.12. The molecule has 1 amide bonds. The summed E-state index contributed by atoms with van der Waals surface area (Å²) in [4.78, 5) is 16.1. The SMILES string of the molecule is CCCC(N)C(=O)Nc1cccc2ncccc12. The van der Waals surface area contributed by atoms with Gasteiger partial charge in [0, 0.05) is 11.6 Å². The van der Waals surface area contributed by atoms with Gasteiger partial charge in [0.05, 0.1) is 17.2 Å². The van der Waals surface area contributed by atoms with E-state index in [-0.39, 0.29) is 5.91 Å². The number of nitrogens with zero attached hydrogens (tertiary/aromatic N) is 1. The standard InChI is InChI=1S/C14H17N3O/c1-2-5-11(15)14(18)17-13-8-3-7-12-10(13)6-4-9-16-12/h3-4,6-9,11H,2,5,15H2,1H3,(H,17,18). The van der Waals surface area contributed by atoms with Crippen molar-refractivity contribution in [1.29, 1.82) is 0 Å². The third-order valence-electron chi connectivity index (χ3n) is 2.84. The number of rotatable bonds is 4. The van der Waals surface area contributed by atoms with E-state index in [4.69, 9.17) is 5.73 Å². The zero-order valence-electron chi connectivity index (χ0n) is 10.4. The molecular weight excluding hydrogens is 226 g/mol. The maximum atomic E-state index is 11.9. The van der Waals surface area contributed by atoms with Gasteiger partial charge >= 0.3 is 0 Å². The van der Waals surface area contributed by atoms with Crippen LogP contribution in [0.1, 0.15) is 19.8 Å². The van der Waals surface area contributed by atoms with Gasteiger partial charge in [0.25, 0.3) is 0 Å². The molecule has 0 fully saturated rings. The van der Waals surface area contributed by atoms with Crippen molar-refractivity contribution in [3.05, 3.63) is 36.5 Å². The van der Waals surface area contributed by atoms with Gasteiger partial charge in [-0.15, -0.1) is 0 Å². The molecule has 4 heteroatoms. The van der Waals surface area contributed by atoms with Gasteiger partial charge in [-0.1, -0.05) is 19.4 Å². The van der Waals surface area contributed by atoms with Gasteiger partial charge in [0.2, 0.25) is 5.91 Å². The van der Waals surface area contributed by atoms with Gasteiger partial charge in [-0.2, -0.15) is 0 Å². The average molecular weight is 243 g/mol. The van der Waals surface area contributed by atoms with E-state index >= 15 is 0 Å². The molecule has 0 aliphatic carbocycles. The van der Waals surface area contributed by atoms with Crippen LogP contribution in [0.15, 0.2) is 36.5 Å². The summed E-state index contributed by atoms with van der Waals surface area (Å²) in [6.45, 7) is 2.01. The molecule has 0 spiro atoms. The number of nitrogens with two attached hydrogens (primary N) is 1. The Morgan fingerprint density at radius 3 is 3.00 bits per heavy atom. The minimum absolute atomic E-state index is 0.145. The van der Waals surface area contributed by atoms with Crippen LogP contribution in [-0.2, 0) is 4.79 Å². The van der Waals surface area contributed by atoms with Crippen LogP contribution in [0.3, 0.4) is 0 Å². The van der Waals surface area contributed by atoms with Crippen molar-refractivity contribution < 1.29 is 4.79 Å². The van der Waals surface area contributed by atoms with Crippen LogP contribution in [0.2, 0.25) is 0 Å². The molecule has 3 N–H and O–H groups in total. The second-order valence-electron chi connectivity index (χ2n) is 4.26. The lowest BCUT2D eigenvalue weighted by atomic mass is 10.1. The maximum absolute atomic E-state index is 11.9. The normalized spacial score (nSPS) is 12.3. The molecule has 0 aliphatic rings. The Kier molecular flexibility index (Phi) is 3.89. The number of nitrogens with one attached hydrogen (secondary N) is 1. The van der Waals surface area contributed by atoms with Crippen molar-refractivity contribution in [2.45, 2.75) is 25.8 Å². The summed E-state index contributed by atoms with van der Waals surface area (Å²) in [5.41, 5.74) is 7.41. The predicted octanol–water partition coefficient (Wildman–Crippen LogP) is 2.30. The molecule has 0 radical (unpaired) electrons. The number of carbonyl (C=O) groups excluding carboxylic acids is 1. The molecule has 18 heavy (non-hydrogen) atoms. The van der Waals surface area contributed by atoms with Gasteiger partial charge in [0.15, 0.2) is 0 Å². The lowest BCUT2D eigenvalue weighted by molar-refractivity contribution is -0.117. The summed E-state index contributed by atoms with van der Waals surface area (Å²) in [6.07, 6.45) is 3.32. The molecule has 94 valence electrons. The summed E-state index contributed by atoms with van der Waals surface area (Å²) in [5.74, 6) is -0.145. The molecule has 0 saturated heterocycles. The molecule has 0 aliphatic heterocycles. The number of aromatic nitrogens is 1. The van der Waals surface area contributed by atoms with Crippen LogP contribution < -0.4 is 11.1 Å². The van der Waals surface area contributed by atoms with E-state index in [0.29, 0.717) is 6.42 Å². The first kappa shape index (κ1) is 12.5. The van der Waals surface area contributed by atoms with Gasteiger partial charge < -0.3 is 11.1 Å². The average Bonchev–Trinajstić information content (AvgIpc) is 2.39. The molecule has 1 aromatic heterocycles. The van der Waals surface area contributed by atoms with Crippen molar-refractivity contribution in [3.63, 3.8) is 0 Å². The van der Waals surface area contributed by atoms with Gasteiger partial charge in [-0.05, 0) is 30.7 Å². The monoisotopic (exact) mass is 243 g/mol. The first-order valence-electron chi connectivity index (χ1n) is 6.12. The number of hydrogen-bond donors (Lipinski definition) is 2. The Hall–Kier alpha value is -1.94. The van der Waals surface area contributed by atoms with Crippen LogP contribution in [0.5, 0.6) is 0 Å². The van der Waals surface area contributed by atoms with E-state index in [0.717, 1.165) is 23.0 Å². The fourth-order valence-corrected chi connectivity index (χ4v) is 1.88. The van der Waals surface area contributed by atoms with E-state index < -0.39 is 6.04 Å². The Morgan fingerprint density at radius 2 is 2.22 bits per heavy atom. The third-order valence-corrected chi connectivity index (χ3v) is 2.84. The minimum atomic E-state index is -0.457. The van der Waals surface area contributed by atoms with Crippen molar-refractivity contribution in [2.24, 2.45) is 5.73 Å². The zero-order valence-corrected chi connectivity index (χ0v) is 10.4. The quantitative estimate of drug-likeness (QED) is 0.865. The number of benzene rings is 1. The summed E-state index contributed by atoms with van der Waals surface area (Å²) in [5, 5.41) is 3.79. The summed E-state index contributed by atoms with van der Waals surface area (Å²) < 4.78 is 0. The molecule has 1 unspecified atom stereocenters. The second kappa shape index (κ2) is 5.60. The Morgan fingerprint density at radius 1 is 1.39 bits per heavy atom. The highest BCUT2D eigenvalue weighted by Crippen LogP contribution is 2.21. The van der Waals surface area contributed by atoms with Gasteiger partial charge in [-0.3, -0.25) is 9.78 Å². The smallest absolute Gasteiger partial charge is 0.241 e. The number of fused-ring (bicyclic) bond motifs is 1. The molecule has 1 heterocycles. The van der Waals surface area contributed by atoms with Crippen molar-refractivity contribution in [2.75, 3.05) is 5.32 Å².